The van der Waals surface area contributed by atoms with E-state index in [1.54, 1.807) is 4.90 Å². The summed E-state index contributed by atoms with van der Waals surface area (Å²) in [5, 5.41) is 9.14. The zero-order valence-corrected chi connectivity index (χ0v) is 11.2. The van der Waals surface area contributed by atoms with Gasteiger partial charge in [-0.2, -0.15) is 0 Å². The summed E-state index contributed by atoms with van der Waals surface area (Å²) in [4.78, 5) is 14.9. The van der Waals surface area contributed by atoms with E-state index in [1.165, 1.54) is 0 Å². The lowest BCUT2D eigenvalue weighted by Crippen LogP contribution is -2.47. The van der Waals surface area contributed by atoms with Crippen molar-refractivity contribution in [3.63, 3.8) is 0 Å². The molecule has 19 heavy (non-hydrogen) atoms. The lowest BCUT2D eigenvalue weighted by atomic mass is 10.0. The van der Waals surface area contributed by atoms with Crippen LogP contribution in [0.25, 0.3) is 0 Å². The van der Waals surface area contributed by atoms with Crippen molar-refractivity contribution in [1.82, 2.24) is 4.90 Å². The molecule has 1 saturated heterocycles. The molecule has 0 saturated carbocycles. The van der Waals surface area contributed by atoms with E-state index in [9.17, 15) is 4.79 Å². The lowest BCUT2D eigenvalue weighted by molar-refractivity contribution is 0.119. The van der Waals surface area contributed by atoms with E-state index in [-0.39, 0.29) is 6.04 Å². The highest BCUT2D eigenvalue weighted by molar-refractivity contribution is 5.65. The molecule has 0 spiro atoms. The number of piperidine rings is 1. The number of rotatable bonds is 3. The number of carbonyl (C=O) groups is 1. The Balaban J connectivity index is 1.95. The first-order chi connectivity index (χ1) is 9.11. The van der Waals surface area contributed by atoms with Gasteiger partial charge in [-0.15, -0.1) is 0 Å². The van der Waals surface area contributed by atoms with E-state index in [0.717, 1.165) is 37.3 Å². The lowest BCUT2D eigenvalue weighted by Gasteiger charge is -2.37. The molecule has 1 aliphatic heterocycles. The van der Waals surface area contributed by atoms with Gasteiger partial charge in [0.2, 0.25) is 0 Å². The van der Waals surface area contributed by atoms with Crippen LogP contribution in [0.1, 0.15) is 19.8 Å². The number of amides is 1. The molecule has 1 fully saturated rings. The molecule has 1 aliphatic rings. The molecule has 0 atom stereocenters. The zero-order chi connectivity index (χ0) is 13.8. The van der Waals surface area contributed by atoms with Crippen LogP contribution in [-0.4, -0.2) is 41.8 Å². The number of nitrogens with zero attached hydrogens (tertiary/aromatic N) is 2. The van der Waals surface area contributed by atoms with Gasteiger partial charge >= 0.3 is 6.09 Å². The molecule has 1 aromatic rings. The summed E-state index contributed by atoms with van der Waals surface area (Å²) in [6, 6.07) is 7.98. The summed E-state index contributed by atoms with van der Waals surface area (Å²) < 4.78 is 0. The smallest absolute Gasteiger partial charge is 0.407 e. The van der Waals surface area contributed by atoms with Crippen molar-refractivity contribution in [2.24, 2.45) is 0 Å². The number of nitrogen functional groups attached to an aromatic ring is 1. The quantitative estimate of drug-likeness (QED) is 0.820. The molecule has 3 N–H and O–H groups in total. The number of hydrogen-bond donors (Lipinski definition) is 2. The molecule has 0 unspecified atom stereocenters. The van der Waals surface area contributed by atoms with Gasteiger partial charge in [0.15, 0.2) is 0 Å². The minimum Gasteiger partial charge on any atom is -0.465 e. The van der Waals surface area contributed by atoms with Crippen LogP contribution >= 0.6 is 0 Å². The molecule has 0 aromatic heterocycles. The van der Waals surface area contributed by atoms with Crippen LogP contribution in [-0.2, 0) is 0 Å². The first kappa shape index (κ1) is 13.5. The molecular formula is C14H21N3O2. The Kier molecular flexibility index (Phi) is 4.14. The second-order valence-electron chi connectivity index (χ2n) is 4.88. The molecule has 1 heterocycles. The maximum absolute atomic E-state index is 11.1. The van der Waals surface area contributed by atoms with Gasteiger partial charge in [0.1, 0.15) is 0 Å². The van der Waals surface area contributed by atoms with Crippen molar-refractivity contribution in [2.45, 2.75) is 25.8 Å². The number of anilines is 2. The third-order valence-corrected chi connectivity index (χ3v) is 3.75. The van der Waals surface area contributed by atoms with Gasteiger partial charge in [0.25, 0.3) is 0 Å². The highest BCUT2D eigenvalue weighted by Crippen LogP contribution is 2.23. The van der Waals surface area contributed by atoms with Crippen molar-refractivity contribution in [3.05, 3.63) is 24.3 Å². The third kappa shape index (κ3) is 3.10. The molecule has 104 valence electrons. The number of hydrogen-bond acceptors (Lipinski definition) is 3. The topological polar surface area (TPSA) is 69.8 Å². The van der Waals surface area contributed by atoms with Gasteiger partial charge in [-0.3, -0.25) is 0 Å². The van der Waals surface area contributed by atoms with Crippen molar-refractivity contribution in [3.8, 4) is 0 Å². The van der Waals surface area contributed by atoms with Crippen molar-refractivity contribution in [1.29, 1.82) is 0 Å². The number of carboxylic acid groups (broad SMARTS) is 1. The Morgan fingerprint density at radius 3 is 2.42 bits per heavy atom. The molecule has 0 bridgehead atoms. The molecule has 1 aromatic carbocycles. The Bertz CT molecular complexity index is 425. The molecule has 0 radical (unpaired) electrons. The van der Waals surface area contributed by atoms with Gasteiger partial charge < -0.3 is 20.6 Å². The first-order valence-electron chi connectivity index (χ1n) is 6.72. The van der Waals surface area contributed by atoms with Crippen LogP contribution in [0.4, 0.5) is 16.2 Å². The SMILES string of the molecule is CCN(C(=O)O)C1CCN(c2ccc(N)cc2)CC1. The summed E-state index contributed by atoms with van der Waals surface area (Å²) in [6.45, 7) is 4.22. The summed E-state index contributed by atoms with van der Waals surface area (Å²) in [7, 11) is 0. The average molecular weight is 263 g/mol. The normalized spacial score (nSPS) is 16.4. The second kappa shape index (κ2) is 5.82. The number of benzene rings is 1. The predicted molar refractivity (Wildman–Crippen MR) is 76.5 cm³/mol. The molecule has 2 rings (SSSR count). The second-order valence-corrected chi connectivity index (χ2v) is 4.88. The van der Waals surface area contributed by atoms with Crippen LogP contribution in [0.3, 0.4) is 0 Å². The number of nitrogens with two attached hydrogens (primary N) is 1. The van der Waals surface area contributed by atoms with E-state index in [1.807, 2.05) is 31.2 Å². The van der Waals surface area contributed by atoms with Crippen LogP contribution in [0.5, 0.6) is 0 Å². The summed E-state index contributed by atoms with van der Waals surface area (Å²) >= 11 is 0. The van der Waals surface area contributed by atoms with Gasteiger partial charge in [-0.25, -0.2) is 4.79 Å². The third-order valence-electron chi connectivity index (χ3n) is 3.75. The molecular weight excluding hydrogens is 242 g/mol. The van der Waals surface area contributed by atoms with Gasteiger partial charge in [0, 0.05) is 37.1 Å². The van der Waals surface area contributed by atoms with Crippen LogP contribution in [0.2, 0.25) is 0 Å². The minimum absolute atomic E-state index is 0.146. The summed E-state index contributed by atoms with van der Waals surface area (Å²) in [6.07, 6.45) is 0.947. The molecule has 1 amide bonds. The molecule has 5 heteroatoms. The van der Waals surface area contributed by atoms with Crippen LogP contribution in [0, 0.1) is 0 Å². The summed E-state index contributed by atoms with van der Waals surface area (Å²) in [5.41, 5.74) is 7.60. The van der Waals surface area contributed by atoms with Crippen molar-refractivity contribution < 1.29 is 9.90 Å². The minimum atomic E-state index is -0.812. The zero-order valence-electron chi connectivity index (χ0n) is 11.2. The average Bonchev–Trinajstić information content (AvgIpc) is 2.41. The van der Waals surface area contributed by atoms with E-state index in [4.69, 9.17) is 10.8 Å². The fourth-order valence-electron chi connectivity index (χ4n) is 2.67. The van der Waals surface area contributed by atoms with Crippen LogP contribution < -0.4 is 10.6 Å². The molecule has 0 aliphatic carbocycles. The monoisotopic (exact) mass is 263 g/mol. The largest absolute Gasteiger partial charge is 0.465 e. The van der Waals surface area contributed by atoms with Crippen molar-refractivity contribution in [2.75, 3.05) is 30.3 Å². The van der Waals surface area contributed by atoms with E-state index in [0.29, 0.717) is 6.54 Å². The Morgan fingerprint density at radius 2 is 1.95 bits per heavy atom. The summed E-state index contributed by atoms with van der Waals surface area (Å²) in [5.74, 6) is 0. The van der Waals surface area contributed by atoms with Gasteiger partial charge in [-0.1, -0.05) is 0 Å². The molecule has 5 nitrogen and oxygen atoms in total. The van der Waals surface area contributed by atoms with Gasteiger partial charge in [0.05, 0.1) is 0 Å². The van der Waals surface area contributed by atoms with E-state index < -0.39 is 6.09 Å². The maximum Gasteiger partial charge on any atom is 0.407 e. The fourth-order valence-corrected chi connectivity index (χ4v) is 2.67. The Hall–Kier alpha value is -1.91. The van der Waals surface area contributed by atoms with Crippen molar-refractivity contribution >= 4 is 17.5 Å². The van der Waals surface area contributed by atoms with Gasteiger partial charge in [-0.05, 0) is 44.0 Å². The Morgan fingerprint density at radius 1 is 1.37 bits per heavy atom. The highest BCUT2D eigenvalue weighted by atomic mass is 16.4. The van der Waals surface area contributed by atoms with E-state index in [2.05, 4.69) is 4.90 Å². The predicted octanol–water partition coefficient (Wildman–Crippen LogP) is 2.24. The standard InChI is InChI=1S/C14H21N3O2/c1-2-17(14(18)19)13-7-9-16(10-8-13)12-5-3-11(15)4-6-12/h3-6,13H,2,7-10,15H2,1H3,(H,18,19). The van der Waals surface area contributed by atoms with E-state index >= 15 is 0 Å². The fraction of sp³-hybridized carbons (Fsp3) is 0.500. The Labute approximate surface area is 113 Å². The first-order valence-corrected chi connectivity index (χ1v) is 6.72. The van der Waals surface area contributed by atoms with Crippen LogP contribution in [0.15, 0.2) is 24.3 Å². The maximum atomic E-state index is 11.1. The highest BCUT2D eigenvalue weighted by Gasteiger charge is 2.26.